The number of phenols is 1. The molecule has 2 rings (SSSR count). The molecule has 0 aliphatic heterocycles. The van der Waals surface area contributed by atoms with Gasteiger partial charge in [-0.15, -0.1) is 0 Å². The van der Waals surface area contributed by atoms with Crippen molar-refractivity contribution < 1.29 is 33.1 Å². The molecule has 0 aliphatic rings. The fraction of sp³-hybridized carbons (Fsp3) is 0.118. The molecule has 0 bridgehead atoms. The van der Waals surface area contributed by atoms with Crippen LogP contribution in [0.1, 0.15) is 15.9 Å². The number of benzene rings is 2. The Hall–Kier alpha value is -3.49. The molecule has 0 atom stereocenters. The van der Waals surface area contributed by atoms with Crippen LogP contribution in [0, 0.1) is 10.1 Å². The number of ketones is 1. The molecule has 0 heterocycles. The van der Waals surface area contributed by atoms with Gasteiger partial charge in [0.15, 0.2) is 17.3 Å². The quantitative estimate of drug-likeness (QED) is 0.347. The third-order valence-electron chi connectivity index (χ3n) is 3.29. The van der Waals surface area contributed by atoms with Gasteiger partial charge in [0, 0.05) is 11.6 Å². The van der Waals surface area contributed by atoms with Crippen LogP contribution in [-0.2, 0) is 0 Å². The van der Waals surface area contributed by atoms with Gasteiger partial charge in [-0.2, -0.15) is 8.78 Å². The van der Waals surface area contributed by atoms with Gasteiger partial charge in [0.2, 0.25) is 0 Å². The maximum Gasteiger partial charge on any atom is 0.387 e. The number of alkyl halides is 2. The normalized spacial score (nSPS) is 10.9. The predicted octanol–water partition coefficient (Wildman–Crippen LogP) is 3.81. The Kier molecular flexibility index (Phi) is 5.84. The highest BCUT2D eigenvalue weighted by atomic mass is 19.3. The summed E-state index contributed by atoms with van der Waals surface area (Å²) in [4.78, 5) is 22.5. The van der Waals surface area contributed by atoms with E-state index in [-0.39, 0.29) is 34.1 Å². The van der Waals surface area contributed by atoms with Gasteiger partial charge in [-0.1, -0.05) is 0 Å². The number of allylic oxidation sites excluding steroid dienone is 1. The molecule has 0 fully saturated rings. The lowest BCUT2D eigenvalue weighted by Crippen LogP contribution is -2.04. The molecule has 0 unspecified atom stereocenters. The summed E-state index contributed by atoms with van der Waals surface area (Å²) in [5.41, 5.74) is -0.152. The lowest BCUT2D eigenvalue weighted by molar-refractivity contribution is -0.385. The smallest absolute Gasteiger partial charge is 0.387 e. The summed E-state index contributed by atoms with van der Waals surface area (Å²) in [6, 6.07) is 7.03. The zero-order chi connectivity index (χ0) is 19.3. The van der Waals surface area contributed by atoms with Gasteiger partial charge < -0.3 is 14.6 Å². The third kappa shape index (κ3) is 4.53. The molecule has 0 saturated heterocycles. The van der Waals surface area contributed by atoms with Crippen molar-refractivity contribution in [3.8, 4) is 17.2 Å². The Morgan fingerprint density at radius 3 is 2.58 bits per heavy atom. The fourth-order valence-electron chi connectivity index (χ4n) is 2.12. The summed E-state index contributed by atoms with van der Waals surface area (Å²) in [5.74, 6) is -1.04. The molecule has 0 amide bonds. The first kappa shape index (κ1) is 18.8. The largest absolute Gasteiger partial charge is 0.508 e. The number of carbonyl (C=O) groups is 1. The highest BCUT2D eigenvalue weighted by molar-refractivity contribution is 6.07. The number of carbonyl (C=O) groups excluding carboxylic acids is 1. The van der Waals surface area contributed by atoms with Crippen molar-refractivity contribution in [1.82, 2.24) is 0 Å². The summed E-state index contributed by atoms with van der Waals surface area (Å²) in [7, 11) is 1.23. The average molecular weight is 365 g/mol. The molecule has 0 spiro atoms. The van der Waals surface area contributed by atoms with E-state index in [1.54, 1.807) is 0 Å². The van der Waals surface area contributed by atoms with E-state index in [0.29, 0.717) is 0 Å². The number of phenolic OH excluding ortho intramolecular Hbond substituents is 1. The number of nitro benzene ring substituents is 1. The number of hydrogen-bond acceptors (Lipinski definition) is 6. The van der Waals surface area contributed by atoms with Gasteiger partial charge in [-0.05, 0) is 42.5 Å². The first-order valence-electron chi connectivity index (χ1n) is 7.14. The number of halogens is 2. The topological polar surface area (TPSA) is 98.9 Å². The lowest BCUT2D eigenvalue weighted by atomic mass is 10.1. The molecular weight excluding hydrogens is 352 g/mol. The number of ether oxygens (including phenoxy) is 2. The summed E-state index contributed by atoms with van der Waals surface area (Å²) < 4.78 is 33.8. The number of hydrogen-bond donors (Lipinski definition) is 1. The Morgan fingerprint density at radius 2 is 1.96 bits per heavy atom. The van der Waals surface area contributed by atoms with Gasteiger partial charge >= 0.3 is 6.61 Å². The van der Waals surface area contributed by atoms with Crippen LogP contribution >= 0.6 is 0 Å². The number of nitro groups is 1. The molecule has 2 aromatic carbocycles. The van der Waals surface area contributed by atoms with Crippen LogP contribution in [0.25, 0.3) is 6.08 Å². The van der Waals surface area contributed by atoms with Gasteiger partial charge in [0.05, 0.1) is 17.6 Å². The van der Waals surface area contributed by atoms with Gasteiger partial charge in [-0.25, -0.2) is 0 Å². The van der Waals surface area contributed by atoms with E-state index in [2.05, 4.69) is 4.74 Å². The van der Waals surface area contributed by atoms with Gasteiger partial charge in [0.25, 0.3) is 5.69 Å². The van der Waals surface area contributed by atoms with Crippen LogP contribution in [0.3, 0.4) is 0 Å². The van der Waals surface area contributed by atoms with E-state index >= 15 is 0 Å². The zero-order valence-electron chi connectivity index (χ0n) is 13.4. The van der Waals surface area contributed by atoms with Crippen molar-refractivity contribution in [2.45, 2.75) is 6.61 Å². The molecule has 0 aromatic heterocycles. The molecule has 7 nitrogen and oxygen atoms in total. The summed E-state index contributed by atoms with van der Waals surface area (Å²) in [6.07, 6.45) is 2.24. The maximum atomic E-state index is 12.3. The first-order chi connectivity index (χ1) is 12.3. The minimum atomic E-state index is -3.04. The molecular formula is C17H13F2NO6. The Balaban J connectivity index is 2.29. The SMILES string of the molecule is COc1cc(C(=O)C=Cc2cc(O)ccc2[N+](=O)[O-])ccc1OC(F)F. The standard InChI is InChI=1S/C17H13F2NO6/c1-25-16-9-11(3-7-15(16)26-17(18)19)14(22)6-2-10-8-12(21)4-5-13(10)20(23)24/h2-9,17,21H,1H3. The Bertz CT molecular complexity index is 866. The van der Waals surface area contributed by atoms with Crippen molar-refractivity contribution in [3.05, 3.63) is 63.7 Å². The van der Waals surface area contributed by atoms with Gasteiger partial charge in [0.1, 0.15) is 5.75 Å². The maximum absolute atomic E-state index is 12.3. The fourth-order valence-corrected chi connectivity index (χ4v) is 2.12. The van der Waals surface area contributed by atoms with E-state index in [4.69, 9.17) is 4.74 Å². The van der Waals surface area contributed by atoms with Crippen LogP contribution < -0.4 is 9.47 Å². The van der Waals surface area contributed by atoms with E-state index in [1.807, 2.05) is 0 Å². The van der Waals surface area contributed by atoms with E-state index < -0.39 is 17.3 Å². The molecule has 26 heavy (non-hydrogen) atoms. The monoisotopic (exact) mass is 365 g/mol. The average Bonchev–Trinajstić information content (AvgIpc) is 2.59. The molecule has 9 heteroatoms. The highest BCUT2D eigenvalue weighted by Crippen LogP contribution is 2.30. The van der Waals surface area contributed by atoms with Crippen molar-refractivity contribution >= 4 is 17.5 Å². The zero-order valence-corrected chi connectivity index (χ0v) is 13.4. The number of rotatable bonds is 7. The summed E-state index contributed by atoms with van der Waals surface area (Å²) >= 11 is 0. The second-order valence-corrected chi connectivity index (χ2v) is 4.94. The van der Waals surface area contributed by atoms with Gasteiger partial charge in [-0.3, -0.25) is 14.9 Å². The molecule has 136 valence electrons. The van der Waals surface area contributed by atoms with Crippen LogP contribution in [0.4, 0.5) is 14.5 Å². The Morgan fingerprint density at radius 1 is 1.23 bits per heavy atom. The molecule has 1 N–H and O–H groups in total. The van der Waals surface area contributed by atoms with E-state index in [1.165, 1.54) is 25.3 Å². The van der Waals surface area contributed by atoms with Crippen LogP contribution in [0.2, 0.25) is 0 Å². The predicted molar refractivity (Wildman–Crippen MR) is 87.8 cm³/mol. The third-order valence-corrected chi connectivity index (χ3v) is 3.29. The van der Waals surface area contributed by atoms with Crippen molar-refractivity contribution in [3.63, 3.8) is 0 Å². The Labute approximate surface area is 146 Å². The second kappa shape index (κ2) is 8.06. The lowest BCUT2D eigenvalue weighted by Gasteiger charge is -2.10. The number of methoxy groups -OCH3 is 1. The van der Waals surface area contributed by atoms with Crippen molar-refractivity contribution in [1.29, 1.82) is 0 Å². The molecule has 0 aliphatic carbocycles. The first-order valence-corrected chi connectivity index (χ1v) is 7.14. The minimum absolute atomic E-state index is 0.0352. The number of aromatic hydroxyl groups is 1. The number of nitrogens with zero attached hydrogens (tertiary/aromatic N) is 1. The molecule has 2 aromatic rings. The molecule has 0 radical (unpaired) electrons. The van der Waals surface area contributed by atoms with Crippen LogP contribution in [-0.4, -0.2) is 29.5 Å². The minimum Gasteiger partial charge on any atom is -0.508 e. The van der Waals surface area contributed by atoms with Crippen molar-refractivity contribution in [2.75, 3.05) is 7.11 Å². The van der Waals surface area contributed by atoms with Crippen LogP contribution in [0.5, 0.6) is 17.2 Å². The van der Waals surface area contributed by atoms with E-state index in [0.717, 1.165) is 30.3 Å². The summed E-state index contributed by atoms with van der Waals surface area (Å²) in [5, 5.41) is 20.4. The highest BCUT2D eigenvalue weighted by Gasteiger charge is 2.15. The van der Waals surface area contributed by atoms with Crippen molar-refractivity contribution in [2.24, 2.45) is 0 Å². The van der Waals surface area contributed by atoms with Crippen LogP contribution in [0.15, 0.2) is 42.5 Å². The second-order valence-electron chi connectivity index (χ2n) is 4.94. The molecule has 0 saturated carbocycles. The van der Waals surface area contributed by atoms with E-state index in [9.17, 15) is 28.8 Å². The summed E-state index contributed by atoms with van der Waals surface area (Å²) in [6.45, 7) is -3.04.